The summed E-state index contributed by atoms with van der Waals surface area (Å²) in [5.74, 6) is -0.0558. The van der Waals surface area contributed by atoms with Gasteiger partial charge in [0.15, 0.2) is 19.1 Å². The van der Waals surface area contributed by atoms with Crippen molar-refractivity contribution in [1.82, 2.24) is 0 Å². The van der Waals surface area contributed by atoms with Crippen LogP contribution in [0.3, 0.4) is 0 Å². The van der Waals surface area contributed by atoms with Gasteiger partial charge in [-0.2, -0.15) is 0 Å². The zero-order chi connectivity index (χ0) is 14.5. The van der Waals surface area contributed by atoms with Gasteiger partial charge in [0.25, 0.3) is 0 Å². The van der Waals surface area contributed by atoms with Crippen molar-refractivity contribution in [2.24, 2.45) is 0 Å². The van der Waals surface area contributed by atoms with Gasteiger partial charge in [0.05, 0.1) is 0 Å². The second-order valence-electron chi connectivity index (χ2n) is 4.92. The zero-order valence-corrected chi connectivity index (χ0v) is 11.6. The van der Waals surface area contributed by atoms with Crippen molar-refractivity contribution in [1.29, 1.82) is 0 Å². The molecule has 0 fully saturated rings. The Balaban J connectivity index is 2.01. The smallest absolute Gasteiger partial charge is 0.200 e. The van der Waals surface area contributed by atoms with Crippen molar-refractivity contribution in [3.05, 3.63) is 59.9 Å². The summed E-state index contributed by atoms with van der Waals surface area (Å²) < 4.78 is 19.1. The lowest BCUT2D eigenvalue weighted by Gasteiger charge is -2.09. The van der Waals surface area contributed by atoms with E-state index in [4.69, 9.17) is 4.74 Å². The normalized spacial score (nSPS) is 10.2. The Labute approximate surface area is 118 Å². The van der Waals surface area contributed by atoms with E-state index in [0.29, 0.717) is 16.8 Å². The van der Waals surface area contributed by atoms with Crippen LogP contribution in [0.2, 0.25) is 13.6 Å². The van der Waals surface area contributed by atoms with Crippen molar-refractivity contribution < 1.29 is 13.9 Å². The molecule has 0 N–H and O–H groups in total. The second-order valence-corrected chi connectivity index (χ2v) is 4.92. The van der Waals surface area contributed by atoms with Gasteiger partial charge in [-0.05, 0) is 11.5 Å². The van der Waals surface area contributed by atoms with E-state index in [-0.39, 0.29) is 24.9 Å². The fourth-order valence-electron chi connectivity index (χ4n) is 1.92. The van der Waals surface area contributed by atoms with Gasteiger partial charge in [-0.15, -0.1) is 0 Å². The summed E-state index contributed by atoms with van der Waals surface area (Å²) in [6.07, 6.45) is 0. The summed E-state index contributed by atoms with van der Waals surface area (Å²) in [5.41, 5.74) is 1.23. The lowest BCUT2D eigenvalue weighted by molar-refractivity contribution is 0.0921. The Morgan fingerprint density at radius 3 is 2.45 bits per heavy atom. The van der Waals surface area contributed by atoms with Gasteiger partial charge in [0, 0.05) is 11.6 Å². The molecule has 0 radical (unpaired) electrons. The van der Waals surface area contributed by atoms with E-state index >= 15 is 0 Å². The van der Waals surface area contributed by atoms with Crippen molar-refractivity contribution in [3.8, 4) is 5.75 Å². The molecule has 0 amide bonds. The summed E-state index contributed by atoms with van der Waals surface area (Å²) in [7, 11) is 0. The predicted octanol–water partition coefficient (Wildman–Crippen LogP) is 3.05. The molecule has 0 aliphatic rings. The number of hydrogen-bond acceptors (Lipinski definition) is 2. The third-order valence-electron chi connectivity index (χ3n) is 3.06. The average Bonchev–Trinajstić information content (AvgIpc) is 2.45. The van der Waals surface area contributed by atoms with Gasteiger partial charge in [0.1, 0.15) is 11.6 Å². The van der Waals surface area contributed by atoms with Crippen molar-refractivity contribution in [3.63, 3.8) is 0 Å². The number of rotatable bonds is 5. The molecule has 0 bridgehead atoms. The molecular weight excluding hydrogens is 254 g/mol. The van der Waals surface area contributed by atoms with E-state index in [0.717, 1.165) is 0 Å². The minimum atomic E-state index is -0.301. The molecule has 2 nitrogen and oxygen atoms in total. The van der Waals surface area contributed by atoms with E-state index in [1.165, 1.54) is 6.07 Å². The number of benzene rings is 2. The fourth-order valence-corrected chi connectivity index (χ4v) is 1.92. The molecule has 2 aromatic carbocycles. The number of hydrogen-bond donors (Lipinski definition) is 0. The van der Waals surface area contributed by atoms with Gasteiger partial charge in [-0.3, -0.25) is 4.79 Å². The van der Waals surface area contributed by atoms with Gasteiger partial charge in [-0.25, -0.2) is 4.39 Å². The summed E-state index contributed by atoms with van der Waals surface area (Å²) in [6, 6.07) is 13.6. The number of ketones is 1. The summed E-state index contributed by atoms with van der Waals surface area (Å²) >= 11 is 0. The summed E-state index contributed by atoms with van der Waals surface area (Å²) in [6.45, 7) is 3.88. The first-order valence-corrected chi connectivity index (χ1v) is 6.58. The van der Waals surface area contributed by atoms with Crippen molar-refractivity contribution in [2.45, 2.75) is 13.6 Å². The number of halogens is 1. The maximum Gasteiger partial charge on any atom is 0.200 e. The van der Waals surface area contributed by atoms with Gasteiger partial charge < -0.3 is 4.74 Å². The fraction of sp³-hybridized carbons (Fsp3) is 0.188. The molecule has 2 rings (SSSR count). The Morgan fingerprint density at radius 1 is 1.15 bits per heavy atom. The predicted molar refractivity (Wildman–Crippen MR) is 79.8 cm³/mol. The monoisotopic (exact) mass is 270 g/mol. The molecule has 0 spiro atoms. The first-order chi connectivity index (χ1) is 9.58. The lowest BCUT2D eigenvalue weighted by atomic mass is 9.49. The highest BCUT2D eigenvalue weighted by molar-refractivity contribution is 6.70. The molecule has 0 aliphatic heterocycles. The third-order valence-corrected chi connectivity index (χ3v) is 3.06. The van der Waals surface area contributed by atoms with Gasteiger partial charge >= 0.3 is 0 Å². The quantitative estimate of drug-likeness (QED) is 0.616. The first kappa shape index (κ1) is 14.3. The van der Waals surface area contributed by atoms with E-state index in [2.05, 4.69) is 0 Å². The van der Waals surface area contributed by atoms with Crippen LogP contribution in [-0.2, 0) is 0 Å². The highest BCUT2D eigenvalue weighted by Gasteiger charge is 2.11. The van der Waals surface area contributed by atoms with E-state index in [1.807, 2.05) is 19.7 Å². The number of carbonyl (C=O) groups is 1. The first-order valence-electron chi connectivity index (χ1n) is 6.58. The second kappa shape index (κ2) is 6.37. The average molecular weight is 270 g/mol. The largest absolute Gasteiger partial charge is 0.485 e. The van der Waals surface area contributed by atoms with E-state index < -0.39 is 0 Å². The SMILES string of the molecule is CB(C)c1ccc(OCC(=O)c2ccccc2)cc1F. The molecule has 102 valence electrons. The molecule has 0 aromatic heterocycles. The molecule has 0 saturated carbocycles. The molecule has 20 heavy (non-hydrogen) atoms. The summed E-state index contributed by atoms with van der Waals surface area (Å²) in [5, 5.41) is 0. The van der Waals surface area contributed by atoms with Gasteiger partial charge in [0.2, 0.25) is 0 Å². The lowest BCUT2D eigenvalue weighted by Crippen LogP contribution is -2.26. The van der Waals surface area contributed by atoms with Crippen LogP contribution in [0.15, 0.2) is 48.5 Å². The van der Waals surface area contributed by atoms with Crippen LogP contribution in [0.5, 0.6) is 5.75 Å². The number of ether oxygens (including phenoxy) is 1. The molecular formula is C16H16BFO2. The molecule has 4 heteroatoms. The highest BCUT2D eigenvalue weighted by Crippen LogP contribution is 2.12. The van der Waals surface area contributed by atoms with Gasteiger partial charge in [-0.1, -0.05) is 50.0 Å². The number of Topliss-reactive ketones (excluding diaryl/α,β-unsaturated/α-hetero) is 1. The number of carbonyl (C=O) groups excluding carboxylic acids is 1. The Morgan fingerprint density at radius 2 is 1.85 bits per heavy atom. The minimum absolute atomic E-state index is 0.0928. The zero-order valence-electron chi connectivity index (χ0n) is 11.6. The van der Waals surface area contributed by atoms with Crippen LogP contribution in [0.25, 0.3) is 0 Å². The van der Waals surface area contributed by atoms with E-state index in [9.17, 15) is 9.18 Å². The van der Waals surface area contributed by atoms with Crippen LogP contribution >= 0.6 is 0 Å². The molecule has 0 unspecified atom stereocenters. The Bertz CT molecular complexity index is 597. The minimum Gasteiger partial charge on any atom is -0.485 e. The Kier molecular flexibility index (Phi) is 4.56. The third kappa shape index (κ3) is 3.47. The molecule has 0 heterocycles. The topological polar surface area (TPSA) is 26.3 Å². The van der Waals surface area contributed by atoms with Crippen LogP contribution in [0.4, 0.5) is 4.39 Å². The Hall–Kier alpha value is -2.10. The van der Waals surface area contributed by atoms with Crippen LogP contribution in [0.1, 0.15) is 10.4 Å². The highest BCUT2D eigenvalue weighted by atomic mass is 19.1. The summed E-state index contributed by atoms with van der Waals surface area (Å²) in [4.78, 5) is 11.9. The molecule has 2 aromatic rings. The van der Waals surface area contributed by atoms with Crippen LogP contribution in [-0.4, -0.2) is 19.1 Å². The molecule has 0 atom stereocenters. The standard InChI is InChI=1S/C16H16BFO2/c1-17(2)14-9-8-13(10-15(14)18)20-11-16(19)12-6-4-3-5-7-12/h3-10H,11H2,1-2H3. The van der Waals surface area contributed by atoms with Crippen molar-refractivity contribution >= 4 is 18.0 Å². The molecule has 0 saturated heterocycles. The van der Waals surface area contributed by atoms with Crippen molar-refractivity contribution in [2.75, 3.05) is 6.61 Å². The maximum atomic E-state index is 13.8. The maximum absolute atomic E-state index is 13.8. The molecule has 0 aliphatic carbocycles. The van der Waals surface area contributed by atoms with Crippen LogP contribution < -0.4 is 10.2 Å². The van der Waals surface area contributed by atoms with Crippen LogP contribution in [0, 0.1) is 5.82 Å². The van der Waals surface area contributed by atoms with E-state index in [1.54, 1.807) is 36.4 Å².